The largest absolute Gasteiger partial charge is 0.465 e. The molecule has 2 aromatic carbocycles. The molecule has 0 saturated carbocycles. The Balaban J connectivity index is 1.12. The van der Waals surface area contributed by atoms with E-state index in [1.807, 2.05) is 24.3 Å². The van der Waals surface area contributed by atoms with Crippen molar-refractivity contribution in [2.75, 3.05) is 19.8 Å². The van der Waals surface area contributed by atoms with Crippen LogP contribution in [0.2, 0.25) is 0 Å². The van der Waals surface area contributed by atoms with E-state index in [2.05, 4.69) is 29.6 Å². The first-order valence-corrected chi connectivity index (χ1v) is 15.4. The maximum Gasteiger partial charge on any atom is 0.410 e. The van der Waals surface area contributed by atoms with Crippen molar-refractivity contribution in [3.05, 3.63) is 70.1 Å². The molecule has 8 heteroatoms. The van der Waals surface area contributed by atoms with Crippen LogP contribution in [0.15, 0.2) is 59.0 Å². The van der Waals surface area contributed by atoms with Crippen LogP contribution in [-0.2, 0) is 19.1 Å². The molecule has 210 valence electrons. The molecular weight excluding hydrogens is 524 g/mol. The number of rotatable bonds is 6. The van der Waals surface area contributed by atoms with Gasteiger partial charge in [-0.1, -0.05) is 55.0 Å². The fourth-order valence-corrected chi connectivity index (χ4v) is 8.26. The molecule has 4 aliphatic rings. The van der Waals surface area contributed by atoms with Crippen molar-refractivity contribution in [3.8, 4) is 11.1 Å². The van der Waals surface area contributed by atoms with Gasteiger partial charge in [-0.15, -0.1) is 11.8 Å². The van der Waals surface area contributed by atoms with Crippen LogP contribution in [0.1, 0.15) is 68.9 Å². The molecule has 40 heavy (non-hydrogen) atoms. The van der Waals surface area contributed by atoms with Crippen LogP contribution in [0.4, 0.5) is 4.79 Å². The van der Waals surface area contributed by atoms with Crippen molar-refractivity contribution in [2.45, 2.75) is 69.2 Å². The Bertz CT molecular complexity index is 1290. The molecule has 0 radical (unpaired) electrons. The van der Waals surface area contributed by atoms with Gasteiger partial charge in [-0.25, -0.2) is 4.79 Å². The number of likely N-dealkylation sites (tertiary alicyclic amines) is 1. The fraction of sp³-hybridized carbons (Fsp3) is 0.469. The van der Waals surface area contributed by atoms with Crippen LogP contribution >= 0.6 is 11.8 Å². The second-order valence-corrected chi connectivity index (χ2v) is 12.2. The van der Waals surface area contributed by atoms with Gasteiger partial charge in [0, 0.05) is 12.5 Å². The third-order valence-electron chi connectivity index (χ3n) is 8.61. The van der Waals surface area contributed by atoms with E-state index in [1.54, 1.807) is 23.6 Å². The molecule has 0 aromatic heterocycles. The highest BCUT2D eigenvalue weighted by atomic mass is 32.2. The highest BCUT2D eigenvalue weighted by molar-refractivity contribution is 8.04. The molecule has 2 heterocycles. The summed E-state index contributed by atoms with van der Waals surface area (Å²) in [7, 11) is 0. The predicted molar refractivity (Wildman–Crippen MR) is 155 cm³/mol. The molecular formula is C32H36N2O5S. The zero-order chi connectivity index (χ0) is 27.6. The third-order valence-corrected chi connectivity index (χ3v) is 10.0. The molecule has 0 bridgehead atoms. The van der Waals surface area contributed by atoms with Gasteiger partial charge in [-0.05, 0) is 78.2 Å². The number of nitrogens with one attached hydrogen (secondary N) is 1. The Morgan fingerprint density at radius 2 is 1.62 bits per heavy atom. The number of hydrogen-bond acceptors (Lipinski definition) is 6. The van der Waals surface area contributed by atoms with Gasteiger partial charge in [-0.3, -0.25) is 14.5 Å². The number of benzene rings is 2. The Hall–Kier alpha value is -3.26. The van der Waals surface area contributed by atoms with E-state index < -0.39 is 23.4 Å². The summed E-state index contributed by atoms with van der Waals surface area (Å²) in [6, 6.07) is 15.9. The van der Waals surface area contributed by atoms with Crippen molar-refractivity contribution in [3.63, 3.8) is 0 Å². The van der Waals surface area contributed by atoms with Gasteiger partial charge >= 0.3 is 12.1 Å². The summed E-state index contributed by atoms with van der Waals surface area (Å²) < 4.78 is 11.3. The number of esters is 1. The van der Waals surface area contributed by atoms with Gasteiger partial charge in [0.05, 0.1) is 12.0 Å². The van der Waals surface area contributed by atoms with Gasteiger partial charge in [0.2, 0.25) is 5.91 Å². The molecule has 1 N–H and O–H groups in total. The van der Waals surface area contributed by atoms with E-state index in [0.29, 0.717) is 19.6 Å². The number of amides is 2. The molecule has 3 atom stereocenters. The maximum absolute atomic E-state index is 13.6. The number of hydrogen-bond donors (Lipinski definition) is 1. The lowest BCUT2D eigenvalue weighted by atomic mass is 9.94. The maximum atomic E-state index is 13.6. The predicted octanol–water partition coefficient (Wildman–Crippen LogP) is 5.99. The minimum Gasteiger partial charge on any atom is -0.465 e. The lowest BCUT2D eigenvalue weighted by Crippen LogP contribution is -2.50. The second-order valence-electron chi connectivity index (χ2n) is 10.9. The summed E-state index contributed by atoms with van der Waals surface area (Å²) in [4.78, 5) is 42.6. The summed E-state index contributed by atoms with van der Waals surface area (Å²) in [5.74, 6) is -0.998. The number of nitrogens with zero attached hydrogens (tertiary/aromatic N) is 1. The Morgan fingerprint density at radius 3 is 2.35 bits per heavy atom. The third kappa shape index (κ3) is 5.02. The Labute approximate surface area is 239 Å². The molecule has 6 rings (SSSR count). The van der Waals surface area contributed by atoms with E-state index >= 15 is 0 Å². The summed E-state index contributed by atoms with van der Waals surface area (Å²) in [6.45, 7) is 2.81. The molecule has 2 unspecified atom stereocenters. The first-order chi connectivity index (χ1) is 19.6. The summed E-state index contributed by atoms with van der Waals surface area (Å²) in [5, 5.41) is 2.72. The lowest BCUT2D eigenvalue weighted by Gasteiger charge is -2.27. The number of ether oxygens (including phenoxy) is 2. The topological polar surface area (TPSA) is 84.9 Å². The first kappa shape index (κ1) is 26.9. The van der Waals surface area contributed by atoms with E-state index in [-0.39, 0.29) is 24.4 Å². The SMILES string of the molecule is CCOC(=O)C1C2=C(CCCCC2)SC1NC(=O)[C@H]1CCCN1C(=O)OCC1c2ccccc2-c2ccccc21. The highest BCUT2D eigenvalue weighted by Crippen LogP contribution is 2.48. The van der Waals surface area contributed by atoms with Crippen LogP contribution in [0.3, 0.4) is 0 Å². The monoisotopic (exact) mass is 560 g/mol. The van der Waals surface area contributed by atoms with Gasteiger partial charge in [-0.2, -0.15) is 0 Å². The number of carbonyl (C=O) groups excluding carboxylic acids is 3. The Morgan fingerprint density at radius 1 is 0.925 bits per heavy atom. The zero-order valence-electron chi connectivity index (χ0n) is 22.9. The van der Waals surface area contributed by atoms with Crippen LogP contribution in [0.5, 0.6) is 0 Å². The minimum atomic E-state index is -0.612. The number of carbonyl (C=O) groups is 3. The molecule has 0 spiro atoms. The quantitative estimate of drug-likeness (QED) is 0.437. The van der Waals surface area contributed by atoms with Crippen molar-refractivity contribution < 1.29 is 23.9 Å². The average molecular weight is 561 g/mol. The zero-order valence-corrected chi connectivity index (χ0v) is 23.7. The fourth-order valence-electron chi connectivity index (χ4n) is 6.73. The van der Waals surface area contributed by atoms with Crippen LogP contribution in [0.25, 0.3) is 11.1 Å². The molecule has 7 nitrogen and oxygen atoms in total. The van der Waals surface area contributed by atoms with Gasteiger partial charge < -0.3 is 14.8 Å². The number of thioether (sulfide) groups is 1. The van der Waals surface area contributed by atoms with Crippen molar-refractivity contribution >= 4 is 29.7 Å². The van der Waals surface area contributed by atoms with E-state index in [4.69, 9.17) is 9.47 Å². The summed E-state index contributed by atoms with van der Waals surface area (Å²) >= 11 is 1.59. The van der Waals surface area contributed by atoms with Crippen LogP contribution in [-0.4, -0.2) is 54.0 Å². The highest BCUT2D eigenvalue weighted by Gasteiger charge is 2.44. The van der Waals surface area contributed by atoms with Crippen LogP contribution < -0.4 is 5.32 Å². The molecule has 2 aromatic rings. The van der Waals surface area contributed by atoms with Crippen LogP contribution in [0, 0.1) is 5.92 Å². The number of allylic oxidation sites excluding steroid dienone is 1. The minimum absolute atomic E-state index is 0.0343. The standard InChI is InChI=1S/C32H36N2O5S/c1-2-38-31(36)28-24-15-4-3-5-17-27(24)40-30(28)33-29(35)26-16-10-18-34(26)32(37)39-19-25-22-13-8-6-11-20(22)21-12-7-9-14-23(21)25/h6-9,11-14,25-26,28,30H,2-5,10,15-19H2,1H3,(H,33,35)/t26-,28?,30?/m1/s1. The number of fused-ring (bicyclic) bond motifs is 3. The summed E-state index contributed by atoms with van der Waals surface area (Å²) in [5.41, 5.74) is 5.79. The molecule has 2 amide bonds. The summed E-state index contributed by atoms with van der Waals surface area (Å²) in [6.07, 6.45) is 5.95. The lowest BCUT2D eigenvalue weighted by molar-refractivity contribution is -0.147. The second kappa shape index (κ2) is 11.7. The van der Waals surface area contributed by atoms with E-state index in [9.17, 15) is 14.4 Å². The van der Waals surface area contributed by atoms with Gasteiger partial charge in [0.25, 0.3) is 0 Å². The van der Waals surface area contributed by atoms with E-state index in [0.717, 1.165) is 55.2 Å². The van der Waals surface area contributed by atoms with Crippen molar-refractivity contribution in [1.82, 2.24) is 10.2 Å². The molecule has 2 aliphatic carbocycles. The first-order valence-electron chi connectivity index (χ1n) is 14.5. The van der Waals surface area contributed by atoms with Crippen molar-refractivity contribution in [1.29, 1.82) is 0 Å². The molecule has 1 saturated heterocycles. The normalized spacial score (nSPS) is 23.7. The molecule has 1 fully saturated rings. The smallest absolute Gasteiger partial charge is 0.410 e. The van der Waals surface area contributed by atoms with E-state index in [1.165, 1.54) is 16.0 Å². The van der Waals surface area contributed by atoms with Crippen molar-refractivity contribution in [2.24, 2.45) is 5.92 Å². The Kier molecular flexibility index (Phi) is 7.87. The van der Waals surface area contributed by atoms with Gasteiger partial charge in [0.1, 0.15) is 18.6 Å². The average Bonchev–Trinajstić information content (AvgIpc) is 3.62. The van der Waals surface area contributed by atoms with Gasteiger partial charge in [0.15, 0.2) is 0 Å². The molecule has 2 aliphatic heterocycles.